The second kappa shape index (κ2) is 8.44. The largest absolute Gasteiger partial charge is 0.506 e. The zero-order valence-electron chi connectivity index (χ0n) is 16.4. The van der Waals surface area contributed by atoms with Crippen molar-refractivity contribution >= 4 is 11.6 Å². The first-order valence-corrected chi connectivity index (χ1v) is 8.38. The van der Waals surface area contributed by atoms with E-state index in [4.69, 9.17) is 14.2 Å². The molecular weight excluding hydrogens is 362 g/mol. The van der Waals surface area contributed by atoms with Crippen molar-refractivity contribution in [3.8, 4) is 29.1 Å². The van der Waals surface area contributed by atoms with Gasteiger partial charge in [-0.1, -0.05) is 0 Å². The van der Waals surface area contributed by atoms with Crippen LogP contribution in [0.15, 0.2) is 18.2 Å². The molecule has 2 rings (SSSR count). The molecule has 0 saturated carbocycles. The zero-order chi connectivity index (χ0) is 21.0. The van der Waals surface area contributed by atoms with Gasteiger partial charge in [-0.3, -0.25) is 9.59 Å². The summed E-state index contributed by atoms with van der Waals surface area (Å²) in [6.45, 7) is 3.41. The molecule has 146 valence electrons. The van der Waals surface area contributed by atoms with Crippen LogP contribution in [0.2, 0.25) is 0 Å². The first kappa shape index (κ1) is 20.8. The number of rotatable bonds is 7. The predicted molar refractivity (Wildman–Crippen MR) is 102 cm³/mol. The van der Waals surface area contributed by atoms with Gasteiger partial charge in [0.1, 0.15) is 11.8 Å². The molecule has 7 heteroatoms. The van der Waals surface area contributed by atoms with Crippen molar-refractivity contribution in [2.45, 2.75) is 20.3 Å². The maximum Gasteiger partial charge on any atom is 0.203 e. The molecule has 0 aromatic heterocycles. The van der Waals surface area contributed by atoms with Crippen LogP contribution in [-0.4, -0.2) is 38.0 Å². The van der Waals surface area contributed by atoms with Gasteiger partial charge in [0.25, 0.3) is 0 Å². The summed E-state index contributed by atoms with van der Waals surface area (Å²) in [4.78, 5) is 25.3. The van der Waals surface area contributed by atoms with Gasteiger partial charge in [0, 0.05) is 5.56 Å². The summed E-state index contributed by atoms with van der Waals surface area (Å²) in [6, 6.07) is 6.29. The lowest BCUT2D eigenvalue weighted by atomic mass is 9.94. The maximum absolute atomic E-state index is 12.7. The Balaban J connectivity index is 2.40. The van der Waals surface area contributed by atoms with E-state index < -0.39 is 23.7 Å². The van der Waals surface area contributed by atoms with Gasteiger partial charge < -0.3 is 19.3 Å². The van der Waals surface area contributed by atoms with Gasteiger partial charge in [0.15, 0.2) is 23.1 Å². The monoisotopic (exact) mass is 383 g/mol. The number of aromatic hydroxyl groups is 1. The molecule has 0 atom stereocenters. The summed E-state index contributed by atoms with van der Waals surface area (Å²) in [5.41, 5.74) is 1.45. The number of aryl methyl sites for hydroxylation is 1. The molecule has 7 nitrogen and oxygen atoms in total. The first-order valence-electron chi connectivity index (χ1n) is 8.38. The van der Waals surface area contributed by atoms with E-state index in [0.29, 0.717) is 28.4 Å². The Morgan fingerprint density at radius 2 is 1.57 bits per heavy atom. The second-order valence-electron chi connectivity index (χ2n) is 6.14. The second-order valence-corrected chi connectivity index (χ2v) is 6.14. The van der Waals surface area contributed by atoms with Crippen molar-refractivity contribution in [1.29, 1.82) is 5.26 Å². The summed E-state index contributed by atoms with van der Waals surface area (Å²) in [5.74, 6) is -0.570. The number of phenols is 1. The molecule has 0 aliphatic carbocycles. The fourth-order valence-corrected chi connectivity index (χ4v) is 2.84. The number of benzene rings is 2. The summed E-state index contributed by atoms with van der Waals surface area (Å²) in [7, 11) is 4.29. The number of nitriles is 1. The average molecular weight is 383 g/mol. The molecule has 0 radical (unpaired) electrons. The minimum absolute atomic E-state index is 0.0311. The summed E-state index contributed by atoms with van der Waals surface area (Å²) in [6.07, 6.45) is -0.487. The molecular formula is C21H21NO6. The molecule has 0 unspecified atom stereocenters. The Bertz CT molecular complexity index is 962. The van der Waals surface area contributed by atoms with Crippen LogP contribution in [0.25, 0.3) is 0 Å². The molecule has 0 aliphatic heterocycles. The van der Waals surface area contributed by atoms with Crippen LogP contribution in [0.4, 0.5) is 0 Å². The van der Waals surface area contributed by atoms with Gasteiger partial charge in [-0.05, 0) is 43.2 Å². The molecule has 0 fully saturated rings. The van der Waals surface area contributed by atoms with E-state index in [2.05, 4.69) is 0 Å². The fraction of sp³-hybridized carbons (Fsp3) is 0.286. The van der Waals surface area contributed by atoms with Crippen molar-refractivity contribution in [1.82, 2.24) is 0 Å². The molecule has 28 heavy (non-hydrogen) atoms. The van der Waals surface area contributed by atoms with Crippen molar-refractivity contribution in [2.24, 2.45) is 0 Å². The number of carbonyl (C=O) groups is 2. The van der Waals surface area contributed by atoms with Gasteiger partial charge in [-0.15, -0.1) is 0 Å². The first-order chi connectivity index (χ1) is 13.3. The van der Waals surface area contributed by atoms with Crippen LogP contribution in [0.1, 0.15) is 43.8 Å². The number of ketones is 2. The number of nitrogens with zero attached hydrogens (tertiary/aromatic N) is 1. The van der Waals surface area contributed by atoms with E-state index in [9.17, 15) is 20.0 Å². The van der Waals surface area contributed by atoms with Crippen molar-refractivity contribution < 1.29 is 28.9 Å². The van der Waals surface area contributed by atoms with Crippen LogP contribution < -0.4 is 14.2 Å². The Labute approximate surface area is 163 Å². The average Bonchev–Trinajstić information content (AvgIpc) is 2.69. The van der Waals surface area contributed by atoms with E-state index in [0.717, 1.165) is 0 Å². The van der Waals surface area contributed by atoms with Crippen molar-refractivity contribution in [2.75, 3.05) is 21.3 Å². The van der Waals surface area contributed by atoms with E-state index in [1.807, 2.05) is 6.07 Å². The Morgan fingerprint density at radius 3 is 2.04 bits per heavy atom. The highest BCUT2D eigenvalue weighted by molar-refractivity contribution is 6.15. The normalized spacial score (nSPS) is 10.1. The van der Waals surface area contributed by atoms with Crippen molar-refractivity contribution in [3.05, 3.63) is 46.0 Å². The third-order valence-corrected chi connectivity index (χ3v) is 4.54. The minimum atomic E-state index is -0.587. The molecule has 2 aromatic rings. The third-order valence-electron chi connectivity index (χ3n) is 4.54. The number of hydrogen-bond donors (Lipinski definition) is 1. The van der Waals surface area contributed by atoms with Gasteiger partial charge in [0.05, 0.1) is 38.9 Å². The summed E-state index contributed by atoms with van der Waals surface area (Å²) in [5, 5.41) is 19.5. The maximum atomic E-state index is 12.7. The number of ether oxygens (including phenoxy) is 3. The van der Waals surface area contributed by atoms with E-state index in [1.165, 1.54) is 39.5 Å². The lowest BCUT2D eigenvalue weighted by Gasteiger charge is -2.14. The molecule has 0 spiro atoms. The predicted octanol–water partition coefficient (Wildman–Crippen LogP) is 3.36. The van der Waals surface area contributed by atoms with E-state index in [1.54, 1.807) is 13.8 Å². The lowest BCUT2D eigenvalue weighted by molar-refractivity contribution is 0.0892. The molecule has 1 N–H and O–H groups in total. The van der Waals surface area contributed by atoms with Gasteiger partial charge in [-0.25, -0.2) is 0 Å². The van der Waals surface area contributed by atoms with Crippen molar-refractivity contribution in [3.63, 3.8) is 0 Å². The van der Waals surface area contributed by atoms with Crippen LogP contribution in [-0.2, 0) is 0 Å². The topological polar surface area (TPSA) is 106 Å². The SMILES string of the molecule is COc1cc(C(=O)CC(=O)c2cc(C)c(C)c(C#N)c2O)cc(OC)c1OC. The quantitative estimate of drug-likeness (QED) is 0.577. The van der Waals surface area contributed by atoms with E-state index in [-0.39, 0.29) is 16.7 Å². The van der Waals surface area contributed by atoms with E-state index >= 15 is 0 Å². The smallest absolute Gasteiger partial charge is 0.203 e. The number of hydrogen-bond acceptors (Lipinski definition) is 7. The summed E-state index contributed by atoms with van der Waals surface area (Å²) < 4.78 is 15.7. The van der Waals surface area contributed by atoms with Crippen LogP contribution in [0.3, 0.4) is 0 Å². The number of carbonyl (C=O) groups excluding carboxylic acids is 2. The van der Waals surface area contributed by atoms with Gasteiger partial charge in [0.2, 0.25) is 5.75 Å². The Hall–Kier alpha value is -3.53. The Morgan fingerprint density at radius 1 is 1.00 bits per heavy atom. The highest BCUT2D eigenvalue weighted by atomic mass is 16.5. The zero-order valence-corrected chi connectivity index (χ0v) is 16.4. The van der Waals surface area contributed by atoms with Gasteiger partial charge >= 0.3 is 0 Å². The highest BCUT2D eigenvalue weighted by Gasteiger charge is 2.23. The molecule has 0 bridgehead atoms. The number of methoxy groups -OCH3 is 3. The third kappa shape index (κ3) is 3.76. The van der Waals surface area contributed by atoms with Crippen LogP contribution >= 0.6 is 0 Å². The molecule has 2 aromatic carbocycles. The van der Waals surface area contributed by atoms with Gasteiger partial charge in [-0.2, -0.15) is 5.26 Å². The number of Topliss-reactive ketones (excluding diaryl/α,β-unsaturated/α-hetero) is 2. The van der Waals surface area contributed by atoms with Crippen LogP contribution in [0, 0.1) is 25.2 Å². The molecule has 0 heterocycles. The van der Waals surface area contributed by atoms with Crippen LogP contribution in [0.5, 0.6) is 23.0 Å². The molecule has 0 aliphatic rings. The number of phenolic OH excluding ortho intramolecular Hbond substituents is 1. The highest BCUT2D eigenvalue weighted by Crippen LogP contribution is 2.38. The standard InChI is InChI=1S/C21H21NO6/c1-11-6-14(20(25)15(10-22)12(11)2)17(24)9-16(23)13-7-18(26-3)21(28-5)19(8-13)27-4/h6-8,25H,9H2,1-5H3. The molecule has 0 saturated heterocycles. The summed E-state index contributed by atoms with van der Waals surface area (Å²) >= 11 is 0. The fourth-order valence-electron chi connectivity index (χ4n) is 2.84. The Kier molecular flexibility index (Phi) is 6.26. The minimum Gasteiger partial charge on any atom is -0.506 e. The molecule has 0 amide bonds. The lowest BCUT2D eigenvalue weighted by Crippen LogP contribution is -2.11.